The van der Waals surface area contributed by atoms with E-state index in [2.05, 4.69) is 50.9 Å². The summed E-state index contributed by atoms with van der Waals surface area (Å²) in [4.78, 5) is 3.44. The van der Waals surface area contributed by atoms with E-state index in [1.165, 1.54) is 31.6 Å². The molecule has 0 aliphatic heterocycles. The van der Waals surface area contributed by atoms with Crippen LogP contribution in [-0.2, 0) is 0 Å². The smallest absolute Gasteiger partial charge is 0.00401 e. The molecule has 0 radical (unpaired) electrons. The molecule has 0 aliphatic carbocycles. The van der Waals surface area contributed by atoms with Crippen LogP contribution in [-0.4, -0.2) is 30.3 Å². The van der Waals surface area contributed by atoms with Crippen LogP contribution in [0.1, 0.15) is 25.8 Å². The summed E-state index contributed by atoms with van der Waals surface area (Å²) in [6.45, 7) is 10.0. The van der Waals surface area contributed by atoms with Crippen molar-refractivity contribution >= 4 is 25.3 Å². The van der Waals surface area contributed by atoms with Crippen molar-refractivity contribution in [2.24, 2.45) is 0 Å². The van der Waals surface area contributed by atoms with Crippen molar-refractivity contribution in [1.29, 1.82) is 0 Å². The molecule has 0 heterocycles. The van der Waals surface area contributed by atoms with Gasteiger partial charge in [-0.25, -0.2) is 0 Å². The average molecular weight is 271 g/mol. The highest BCUT2D eigenvalue weighted by Gasteiger charge is 1.94. The van der Waals surface area contributed by atoms with Gasteiger partial charge < -0.3 is 4.90 Å². The fourth-order valence-electron chi connectivity index (χ4n) is 1.38. The van der Waals surface area contributed by atoms with Gasteiger partial charge in [-0.15, -0.1) is 12.6 Å². The molecule has 0 spiro atoms. The van der Waals surface area contributed by atoms with Crippen molar-refractivity contribution in [3.8, 4) is 0 Å². The van der Waals surface area contributed by atoms with Crippen molar-refractivity contribution in [2.45, 2.75) is 32.1 Å². The Kier molecular flexibility index (Phi) is 10.9. The largest absolute Gasteiger partial charge is 0.304 e. The maximum absolute atomic E-state index is 4.15. The third kappa shape index (κ3) is 9.57. The van der Waals surface area contributed by atoms with E-state index < -0.39 is 0 Å². The lowest BCUT2D eigenvalue weighted by Crippen LogP contribution is -2.24. The molecule has 1 aromatic rings. The van der Waals surface area contributed by atoms with Gasteiger partial charge in [0.25, 0.3) is 0 Å². The lowest BCUT2D eigenvalue weighted by atomic mass is 10.2. The molecule has 0 amide bonds. The highest BCUT2D eigenvalue weighted by molar-refractivity contribution is 7.80. The Morgan fingerprint density at radius 1 is 1.06 bits per heavy atom. The summed E-state index contributed by atoms with van der Waals surface area (Å²) in [5, 5.41) is 0. The highest BCUT2D eigenvalue weighted by atomic mass is 32.1. The van der Waals surface area contributed by atoms with Crippen LogP contribution < -0.4 is 0 Å². The number of aryl methyl sites for hydroxylation is 1. The highest BCUT2D eigenvalue weighted by Crippen LogP contribution is 2.05. The van der Waals surface area contributed by atoms with Crippen molar-refractivity contribution < 1.29 is 0 Å². The maximum Gasteiger partial charge on any atom is 0.00401 e. The molecule has 0 aliphatic rings. The topological polar surface area (TPSA) is 3.24 Å². The molecular formula is C14H25NS2. The van der Waals surface area contributed by atoms with E-state index in [1.807, 2.05) is 24.3 Å². The molecule has 0 bridgehead atoms. The summed E-state index contributed by atoms with van der Waals surface area (Å²) in [7, 11) is 0. The Bertz CT molecular complexity index is 247. The number of nitrogens with zero attached hydrogens (tertiary/aromatic N) is 1. The van der Waals surface area contributed by atoms with Gasteiger partial charge in [0.1, 0.15) is 0 Å². The van der Waals surface area contributed by atoms with Gasteiger partial charge >= 0.3 is 0 Å². The summed E-state index contributed by atoms with van der Waals surface area (Å²) >= 11 is 8.28. The minimum absolute atomic E-state index is 1.01. The van der Waals surface area contributed by atoms with E-state index in [9.17, 15) is 0 Å². The molecule has 1 nitrogen and oxygen atoms in total. The molecule has 0 saturated carbocycles. The summed E-state index contributed by atoms with van der Waals surface area (Å²) in [5.41, 5.74) is 1.28. The van der Waals surface area contributed by atoms with Crippen LogP contribution in [0.15, 0.2) is 29.2 Å². The van der Waals surface area contributed by atoms with Gasteiger partial charge in [-0.1, -0.05) is 31.5 Å². The molecule has 17 heavy (non-hydrogen) atoms. The quantitative estimate of drug-likeness (QED) is 0.768. The number of benzene rings is 1. The molecule has 1 rings (SSSR count). The van der Waals surface area contributed by atoms with E-state index in [4.69, 9.17) is 0 Å². The number of thiol groups is 2. The lowest BCUT2D eigenvalue weighted by Gasteiger charge is -2.16. The molecule has 0 aromatic heterocycles. The fourth-order valence-corrected chi connectivity index (χ4v) is 1.67. The van der Waals surface area contributed by atoms with E-state index >= 15 is 0 Å². The molecule has 3 heteroatoms. The Balaban J connectivity index is 0.000000302. The first-order valence-electron chi connectivity index (χ1n) is 6.22. The second-order valence-electron chi connectivity index (χ2n) is 3.94. The van der Waals surface area contributed by atoms with Crippen LogP contribution in [0.3, 0.4) is 0 Å². The molecule has 0 saturated heterocycles. The molecule has 0 N–H and O–H groups in total. The van der Waals surface area contributed by atoms with Gasteiger partial charge in [-0.3, -0.25) is 0 Å². The third-order valence-electron chi connectivity index (χ3n) is 2.56. The minimum atomic E-state index is 1.01. The van der Waals surface area contributed by atoms with Gasteiger partial charge in [0, 0.05) is 4.90 Å². The Hall–Kier alpha value is -0.120. The van der Waals surface area contributed by atoms with Crippen molar-refractivity contribution in [3.63, 3.8) is 0 Å². The van der Waals surface area contributed by atoms with Crippen LogP contribution in [0, 0.1) is 6.92 Å². The molecule has 98 valence electrons. The zero-order valence-electron chi connectivity index (χ0n) is 11.2. The summed E-state index contributed by atoms with van der Waals surface area (Å²) in [6, 6.07) is 8.06. The molecule has 0 fully saturated rings. The van der Waals surface area contributed by atoms with Crippen LogP contribution in [0.25, 0.3) is 0 Å². The average Bonchev–Trinajstić information content (AvgIpc) is 2.35. The van der Waals surface area contributed by atoms with Crippen LogP contribution in [0.2, 0.25) is 0 Å². The number of hydrogen-bond donors (Lipinski definition) is 2. The van der Waals surface area contributed by atoms with Crippen LogP contribution >= 0.6 is 25.3 Å². The second kappa shape index (κ2) is 11.0. The van der Waals surface area contributed by atoms with Gasteiger partial charge in [0.05, 0.1) is 0 Å². The van der Waals surface area contributed by atoms with E-state index in [-0.39, 0.29) is 0 Å². The third-order valence-corrected chi connectivity index (χ3v) is 3.18. The van der Waals surface area contributed by atoms with Gasteiger partial charge in [0.15, 0.2) is 0 Å². The molecule has 0 atom stereocenters. The van der Waals surface area contributed by atoms with E-state index in [0.29, 0.717) is 0 Å². The maximum atomic E-state index is 4.15. The Morgan fingerprint density at radius 2 is 1.59 bits per heavy atom. The molecular weight excluding hydrogens is 246 g/mol. The van der Waals surface area contributed by atoms with Gasteiger partial charge in [0.2, 0.25) is 0 Å². The normalized spacial score (nSPS) is 10.0. The predicted octanol–water partition coefficient (Wildman–Crippen LogP) is 3.93. The monoisotopic (exact) mass is 271 g/mol. The van der Waals surface area contributed by atoms with E-state index in [0.717, 1.165) is 10.6 Å². The van der Waals surface area contributed by atoms with Crippen molar-refractivity contribution in [3.05, 3.63) is 29.8 Å². The van der Waals surface area contributed by atoms with Crippen molar-refractivity contribution in [1.82, 2.24) is 4.90 Å². The Morgan fingerprint density at radius 3 is 1.94 bits per heavy atom. The van der Waals surface area contributed by atoms with Gasteiger partial charge in [-0.05, 0) is 50.9 Å². The van der Waals surface area contributed by atoms with Crippen LogP contribution in [0.5, 0.6) is 0 Å². The minimum Gasteiger partial charge on any atom is -0.304 e. The van der Waals surface area contributed by atoms with Crippen molar-refractivity contribution in [2.75, 3.05) is 25.4 Å². The fraction of sp³-hybridized carbons (Fsp3) is 0.571. The molecule has 0 unspecified atom stereocenters. The number of rotatable bonds is 5. The first-order chi connectivity index (χ1) is 8.13. The first-order valence-corrected chi connectivity index (χ1v) is 7.30. The SMILES string of the molecule is CCN(CC)CCCS.Cc1ccc(S)cc1. The Labute approximate surface area is 117 Å². The predicted molar refractivity (Wildman–Crippen MR) is 84.7 cm³/mol. The zero-order chi connectivity index (χ0) is 13.1. The summed E-state index contributed by atoms with van der Waals surface area (Å²) < 4.78 is 0. The molecule has 1 aromatic carbocycles. The number of hydrogen-bond acceptors (Lipinski definition) is 3. The van der Waals surface area contributed by atoms with Gasteiger partial charge in [-0.2, -0.15) is 12.6 Å². The first kappa shape index (κ1) is 16.9. The van der Waals surface area contributed by atoms with Crippen LogP contribution in [0.4, 0.5) is 0 Å². The zero-order valence-corrected chi connectivity index (χ0v) is 13.0. The van der Waals surface area contributed by atoms with E-state index in [1.54, 1.807) is 0 Å². The standard InChI is InChI=1S/C7H17NS.C7H8S/c1-3-8(4-2)6-5-7-9;1-6-2-4-7(8)5-3-6/h9H,3-7H2,1-2H3;2-5,8H,1H3. The second-order valence-corrected chi connectivity index (χ2v) is 4.90. The lowest BCUT2D eigenvalue weighted by molar-refractivity contribution is 0.305. The summed E-state index contributed by atoms with van der Waals surface area (Å²) in [6.07, 6.45) is 1.21. The summed E-state index contributed by atoms with van der Waals surface area (Å²) in [5.74, 6) is 1.01.